The van der Waals surface area contributed by atoms with Crippen LogP contribution in [0, 0.1) is 17.0 Å². The average Bonchev–Trinajstić information content (AvgIpc) is 2.99. The van der Waals surface area contributed by atoms with Crippen molar-refractivity contribution in [2.75, 3.05) is 26.2 Å². The van der Waals surface area contributed by atoms with E-state index in [4.69, 9.17) is 0 Å². The summed E-state index contributed by atoms with van der Waals surface area (Å²) in [6.07, 6.45) is 2.30. The molecular formula is C20H27F2N3O2. The number of benzene rings is 1. The van der Waals surface area contributed by atoms with E-state index in [-0.39, 0.29) is 36.5 Å². The maximum atomic E-state index is 14.0. The molecule has 2 amide bonds. The van der Waals surface area contributed by atoms with Crippen LogP contribution in [0.1, 0.15) is 38.7 Å². The normalized spacial score (nSPS) is 23.4. The zero-order valence-electron chi connectivity index (χ0n) is 15.9. The van der Waals surface area contributed by atoms with Crippen LogP contribution >= 0.6 is 0 Å². The summed E-state index contributed by atoms with van der Waals surface area (Å²) in [6, 6.07) is 4.14. The maximum Gasteiger partial charge on any atom is 0.234 e. The van der Waals surface area contributed by atoms with E-state index in [0.717, 1.165) is 18.9 Å². The highest BCUT2D eigenvalue weighted by molar-refractivity contribution is 5.84. The Morgan fingerprint density at radius 2 is 2.04 bits per heavy atom. The van der Waals surface area contributed by atoms with Crippen LogP contribution in [0.3, 0.4) is 0 Å². The summed E-state index contributed by atoms with van der Waals surface area (Å²) in [5.74, 6) is -1.83. The molecule has 2 aliphatic rings. The molecule has 5 nitrogen and oxygen atoms in total. The lowest BCUT2D eigenvalue weighted by Crippen LogP contribution is -2.50. The van der Waals surface area contributed by atoms with Crippen LogP contribution in [-0.4, -0.2) is 53.8 Å². The summed E-state index contributed by atoms with van der Waals surface area (Å²) in [7, 11) is 0. The Hall–Kier alpha value is -2.02. The summed E-state index contributed by atoms with van der Waals surface area (Å²) < 4.78 is 27.5. The Labute approximate surface area is 158 Å². The first kappa shape index (κ1) is 19.7. The molecule has 0 unspecified atom stereocenters. The third-order valence-electron chi connectivity index (χ3n) is 5.47. The van der Waals surface area contributed by atoms with Crippen LogP contribution in [-0.2, 0) is 16.1 Å². The molecule has 1 aromatic carbocycles. The number of nitrogens with one attached hydrogen (secondary N) is 1. The van der Waals surface area contributed by atoms with Crippen molar-refractivity contribution in [1.82, 2.24) is 15.1 Å². The Morgan fingerprint density at radius 1 is 1.26 bits per heavy atom. The van der Waals surface area contributed by atoms with Gasteiger partial charge < -0.3 is 10.2 Å². The van der Waals surface area contributed by atoms with Gasteiger partial charge in [-0.1, -0.05) is 12.1 Å². The van der Waals surface area contributed by atoms with Crippen LogP contribution < -0.4 is 5.32 Å². The quantitative estimate of drug-likeness (QED) is 0.854. The van der Waals surface area contributed by atoms with Crippen molar-refractivity contribution in [3.63, 3.8) is 0 Å². The number of rotatable bonds is 5. The largest absolute Gasteiger partial charge is 0.353 e. The lowest BCUT2D eigenvalue weighted by molar-refractivity contribution is -0.146. The number of likely N-dealkylation sites (tertiary alicyclic amines) is 2. The minimum absolute atomic E-state index is 0.0100. The summed E-state index contributed by atoms with van der Waals surface area (Å²) >= 11 is 0. The molecule has 2 heterocycles. The first-order valence-corrected chi connectivity index (χ1v) is 9.55. The summed E-state index contributed by atoms with van der Waals surface area (Å²) in [4.78, 5) is 28.8. The summed E-state index contributed by atoms with van der Waals surface area (Å²) in [6.45, 7) is 5.97. The van der Waals surface area contributed by atoms with Crippen molar-refractivity contribution in [1.29, 1.82) is 0 Å². The molecule has 0 aliphatic carbocycles. The minimum atomic E-state index is -0.894. The van der Waals surface area contributed by atoms with Crippen LogP contribution in [0.4, 0.5) is 8.78 Å². The fourth-order valence-corrected chi connectivity index (χ4v) is 4.22. The van der Waals surface area contributed by atoms with Gasteiger partial charge in [-0.3, -0.25) is 14.5 Å². The third-order valence-corrected chi connectivity index (χ3v) is 5.47. The van der Waals surface area contributed by atoms with E-state index < -0.39 is 17.0 Å². The molecule has 0 bridgehead atoms. The Kier molecular flexibility index (Phi) is 5.79. The first-order valence-electron chi connectivity index (χ1n) is 9.55. The van der Waals surface area contributed by atoms with Gasteiger partial charge in [-0.15, -0.1) is 0 Å². The van der Waals surface area contributed by atoms with Gasteiger partial charge in [-0.05, 0) is 45.7 Å². The molecule has 1 spiro atoms. The second-order valence-corrected chi connectivity index (χ2v) is 8.01. The van der Waals surface area contributed by atoms with Crippen LogP contribution in [0.2, 0.25) is 0 Å². The fourth-order valence-electron chi connectivity index (χ4n) is 4.22. The lowest BCUT2D eigenvalue weighted by Gasteiger charge is -2.39. The molecule has 1 atom stereocenters. The second-order valence-electron chi connectivity index (χ2n) is 8.01. The van der Waals surface area contributed by atoms with E-state index in [2.05, 4.69) is 5.32 Å². The maximum absolute atomic E-state index is 14.0. The third kappa shape index (κ3) is 4.29. The van der Waals surface area contributed by atoms with E-state index in [1.165, 1.54) is 12.1 Å². The number of nitrogens with zero attached hydrogens (tertiary/aromatic N) is 2. The molecule has 27 heavy (non-hydrogen) atoms. The summed E-state index contributed by atoms with van der Waals surface area (Å²) in [5.41, 5.74) is -0.313. The van der Waals surface area contributed by atoms with Crippen molar-refractivity contribution in [2.24, 2.45) is 5.41 Å². The predicted octanol–water partition coefficient (Wildman–Crippen LogP) is 2.30. The summed E-state index contributed by atoms with van der Waals surface area (Å²) in [5, 5.41) is 2.87. The number of halogens is 2. The molecule has 1 N–H and O–H groups in total. The van der Waals surface area contributed by atoms with E-state index in [1.54, 1.807) is 4.90 Å². The van der Waals surface area contributed by atoms with Gasteiger partial charge in [0.2, 0.25) is 11.8 Å². The molecule has 0 saturated carbocycles. The zero-order chi connectivity index (χ0) is 19.6. The Balaban J connectivity index is 1.66. The molecule has 3 rings (SSSR count). The lowest BCUT2D eigenvalue weighted by atomic mass is 9.78. The molecule has 148 valence electrons. The van der Waals surface area contributed by atoms with Crippen molar-refractivity contribution in [3.05, 3.63) is 35.4 Å². The van der Waals surface area contributed by atoms with E-state index in [9.17, 15) is 18.4 Å². The van der Waals surface area contributed by atoms with Gasteiger partial charge in [0.15, 0.2) is 11.6 Å². The molecule has 1 aromatic rings. The van der Waals surface area contributed by atoms with Gasteiger partial charge >= 0.3 is 0 Å². The highest BCUT2D eigenvalue weighted by atomic mass is 19.2. The molecule has 7 heteroatoms. The van der Waals surface area contributed by atoms with Crippen molar-refractivity contribution in [3.8, 4) is 0 Å². The SMILES string of the molecule is CC(C)NC(=O)CN1CC[C@]2(CCCN(Cc3cccc(F)c3F)C2=O)C1. The van der Waals surface area contributed by atoms with Gasteiger partial charge in [0.05, 0.1) is 12.0 Å². The van der Waals surface area contributed by atoms with Gasteiger partial charge in [-0.25, -0.2) is 8.78 Å². The Morgan fingerprint density at radius 3 is 2.78 bits per heavy atom. The van der Waals surface area contributed by atoms with Gasteiger partial charge in [0, 0.05) is 31.2 Å². The Bertz CT molecular complexity index is 725. The second kappa shape index (κ2) is 7.92. The van der Waals surface area contributed by atoms with Gasteiger partial charge in [0.25, 0.3) is 0 Å². The highest BCUT2D eigenvalue weighted by Gasteiger charge is 2.48. The predicted molar refractivity (Wildman–Crippen MR) is 97.8 cm³/mol. The molecular weight excluding hydrogens is 352 g/mol. The highest BCUT2D eigenvalue weighted by Crippen LogP contribution is 2.40. The molecule has 2 fully saturated rings. The van der Waals surface area contributed by atoms with Crippen LogP contribution in [0.25, 0.3) is 0 Å². The number of hydrogen-bond acceptors (Lipinski definition) is 3. The first-order chi connectivity index (χ1) is 12.8. The van der Waals surface area contributed by atoms with Crippen LogP contribution in [0.5, 0.6) is 0 Å². The van der Waals surface area contributed by atoms with Crippen molar-refractivity contribution < 1.29 is 18.4 Å². The average molecular weight is 379 g/mol. The number of amides is 2. The zero-order valence-corrected chi connectivity index (χ0v) is 15.9. The standard InChI is InChI=1S/C20H27F2N3O2/c1-14(2)23-17(26)12-24-10-8-20(13-24)7-4-9-25(19(20)27)11-15-5-3-6-16(21)18(15)22/h3,5-6,14H,4,7-13H2,1-2H3,(H,23,26)/t20-/m1/s1. The van der Waals surface area contributed by atoms with E-state index >= 15 is 0 Å². The van der Waals surface area contributed by atoms with Crippen molar-refractivity contribution in [2.45, 2.75) is 45.7 Å². The number of piperidine rings is 1. The van der Waals surface area contributed by atoms with E-state index in [0.29, 0.717) is 26.1 Å². The molecule has 0 aromatic heterocycles. The monoisotopic (exact) mass is 379 g/mol. The van der Waals surface area contributed by atoms with Crippen molar-refractivity contribution >= 4 is 11.8 Å². The van der Waals surface area contributed by atoms with Gasteiger partial charge in [0.1, 0.15) is 0 Å². The number of carbonyl (C=O) groups is 2. The van der Waals surface area contributed by atoms with Crippen LogP contribution in [0.15, 0.2) is 18.2 Å². The molecule has 2 saturated heterocycles. The van der Waals surface area contributed by atoms with E-state index in [1.807, 2.05) is 18.7 Å². The fraction of sp³-hybridized carbons (Fsp3) is 0.600. The minimum Gasteiger partial charge on any atom is -0.353 e. The van der Waals surface area contributed by atoms with Gasteiger partial charge in [-0.2, -0.15) is 0 Å². The molecule has 0 radical (unpaired) electrons. The smallest absolute Gasteiger partial charge is 0.234 e. The number of carbonyl (C=O) groups excluding carboxylic acids is 2. The topological polar surface area (TPSA) is 52.7 Å². The number of hydrogen-bond donors (Lipinski definition) is 1. The molecule has 2 aliphatic heterocycles.